The Morgan fingerprint density at radius 2 is 1.70 bits per heavy atom. The molecule has 1 N–H and O–H groups in total. The summed E-state index contributed by atoms with van der Waals surface area (Å²) < 4.78 is 21.6. The van der Waals surface area contributed by atoms with E-state index in [4.69, 9.17) is 18.6 Å². The van der Waals surface area contributed by atoms with Crippen molar-refractivity contribution in [2.45, 2.75) is 19.3 Å². The molecule has 2 aromatic carbocycles. The lowest BCUT2D eigenvalue weighted by atomic mass is 10.0. The number of nitrogens with one attached hydrogen (secondary N) is 1. The standard InChI is InChI=1S/C22H25N3O5/c1-14(16-8-6-5-7-9-16)13-23-21(26)22-25-24-19(30-22)12-15-10-17(27-2)20(29-4)18(11-15)28-3/h5-11,14H,12-13H2,1-4H3,(H,23,26)/t14-/m1/s1. The molecular weight excluding hydrogens is 386 g/mol. The Bertz CT molecular complexity index is 962. The maximum atomic E-state index is 12.4. The summed E-state index contributed by atoms with van der Waals surface area (Å²) in [5, 5.41) is 10.7. The number of rotatable bonds is 9. The number of ether oxygens (including phenoxy) is 3. The zero-order chi connectivity index (χ0) is 21.5. The van der Waals surface area contributed by atoms with Crippen LogP contribution in [-0.4, -0.2) is 44.0 Å². The van der Waals surface area contributed by atoms with Crippen molar-refractivity contribution in [2.24, 2.45) is 0 Å². The first-order valence-corrected chi connectivity index (χ1v) is 9.50. The number of nitrogens with zero attached hydrogens (tertiary/aromatic N) is 2. The van der Waals surface area contributed by atoms with Gasteiger partial charge in [-0.15, -0.1) is 10.2 Å². The lowest BCUT2D eigenvalue weighted by molar-refractivity contribution is 0.0915. The average molecular weight is 411 g/mol. The van der Waals surface area contributed by atoms with E-state index >= 15 is 0 Å². The molecule has 0 unspecified atom stereocenters. The first-order chi connectivity index (χ1) is 14.5. The molecule has 1 heterocycles. The molecule has 3 aromatic rings. The smallest absolute Gasteiger partial charge is 0.308 e. The maximum absolute atomic E-state index is 12.4. The minimum atomic E-state index is -0.401. The first kappa shape index (κ1) is 21.2. The summed E-state index contributed by atoms with van der Waals surface area (Å²) >= 11 is 0. The van der Waals surface area contributed by atoms with Crippen LogP contribution in [0, 0.1) is 0 Å². The Hall–Kier alpha value is -3.55. The summed E-state index contributed by atoms with van der Waals surface area (Å²) in [6, 6.07) is 13.6. The van der Waals surface area contributed by atoms with Crippen LogP contribution in [-0.2, 0) is 6.42 Å². The fourth-order valence-corrected chi connectivity index (χ4v) is 3.05. The lowest BCUT2D eigenvalue weighted by Crippen LogP contribution is -2.27. The van der Waals surface area contributed by atoms with Gasteiger partial charge in [0, 0.05) is 6.54 Å². The minimum Gasteiger partial charge on any atom is -0.493 e. The zero-order valence-electron chi connectivity index (χ0n) is 17.5. The normalized spacial score (nSPS) is 11.6. The SMILES string of the molecule is COc1cc(Cc2nnc(C(=O)NC[C@@H](C)c3ccccc3)o2)cc(OC)c1OC. The van der Waals surface area contributed by atoms with Crippen LogP contribution in [0.25, 0.3) is 0 Å². The molecule has 1 aromatic heterocycles. The molecule has 1 atom stereocenters. The third-order valence-corrected chi connectivity index (χ3v) is 4.68. The van der Waals surface area contributed by atoms with E-state index in [0.717, 1.165) is 11.1 Å². The van der Waals surface area contributed by atoms with E-state index in [-0.39, 0.29) is 11.8 Å². The van der Waals surface area contributed by atoms with Crippen LogP contribution >= 0.6 is 0 Å². The zero-order valence-corrected chi connectivity index (χ0v) is 17.5. The molecule has 8 heteroatoms. The van der Waals surface area contributed by atoms with Gasteiger partial charge < -0.3 is 23.9 Å². The maximum Gasteiger partial charge on any atom is 0.308 e. The van der Waals surface area contributed by atoms with Crippen molar-refractivity contribution in [3.05, 3.63) is 65.4 Å². The molecule has 0 aliphatic carbocycles. The van der Waals surface area contributed by atoms with E-state index in [0.29, 0.717) is 36.1 Å². The van der Waals surface area contributed by atoms with Crippen molar-refractivity contribution >= 4 is 5.91 Å². The van der Waals surface area contributed by atoms with Crippen molar-refractivity contribution in [1.29, 1.82) is 0 Å². The van der Waals surface area contributed by atoms with E-state index in [2.05, 4.69) is 15.5 Å². The van der Waals surface area contributed by atoms with E-state index in [1.54, 1.807) is 33.5 Å². The third-order valence-electron chi connectivity index (χ3n) is 4.68. The van der Waals surface area contributed by atoms with Gasteiger partial charge in [-0.2, -0.15) is 0 Å². The molecule has 0 aliphatic rings. The highest BCUT2D eigenvalue weighted by molar-refractivity contribution is 5.89. The molecule has 8 nitrogen and oxygen atoms in total. The van der Waals surface area contributed by atoms with Crippen LogP contribution in [0.2, 0.25) is 0 Å². The number of carbonyl (C=O) groups excluding carboxylic acids is 1. The van der Waals surface area contributed by atoms with Crippen LogP contribution in [0.3, 0.4) is 0 Å². The quantitative estimate of drug-likeness (QED) is 0.577. The van der Waals surface area contributed by atoms with E-state index in [9.17, 15) is 4.79 Å². The number of hydrogen-bond donors (Lipinski definition) is 1. The van der Waals surface area contributed by atoms with Gasteiger partial charge in [0.15, 0.2) is 11.5 Å². The summed E-state index contributed by atoms with van der Waals surface area (Å²) in [7, 11) is 4.64. The Labute approximate surface area is 175 Å². The van der Waals surface area contributed by atoms with Gasteiger partial charge in [0.1, 0.15) is 0 Å². The van der Waals surface area contributed by atoms with E-state index in [1.807, 2.05) is 37.3 Å². The molecule has 0 fully saturated rings. The van der Waals surface area contributed by atoms with Gasteiger partial charge in [0.25, 0.3) is 0 Å². The van der Waals surface area contributed by atoms with Crippen molar-refractivity contribution in [2.75, 3.05) is 27.9 Å². The number of methoxy groups -OCH3 is 3. The van der Waals surface area contributed by atoms with Crippen LogP contribution in [0.1, 0.15) is 40.5 Å². The van der Waals surface area contributed by atoms with Crippen LogP contribution in [0.4, 0.5) is 0 Å². The van der Waals surface area contributed by atoms with Gasteiger partial charge >= 0.3 is 11.8 Å². The summed E-state index contributed by atoms with van der Waals surface area (Å²) in [6.07, 6.45) is 0.317. The number of hydrogen-bond acceptors (Lipinski definition) is 7. The highest BCUT2D eigenvalue weighted by atomic mass is 16.5. The van der Waals surface area contributed by atoms with Crippen LogP contribution in [0.5, 0.6) is 17.2 Å². The second-order valence-electron chi connectivity index (χ2n) is 6.73. The molecule has 0 aliphatic heterocycles. The Balaban J connectivity index is 1.65. The monoisotopic (exact) mass is 411 g/mol. The van der Waals surface area contributed by atoms with Gasteiger partial charge in [-0.05, 0) is 29.2 Å². The molecule has 0 saturated heterocycles. The molecule has 30 heavy (non-hydrogen) atoms. The van der Waals surface area contributed by atoms with Gasteiger partial charge in [0.05, 0.1) is 27.8 Å². The highest BCUT2D eigenvalue weighted by Crippen LogP contribution is 2.38. The molecule has 1 amide bonds. The van der Waals surface area contributed by atoms with Gasteiger partial charge in [-0.25, -0.2) is 0 Å². The van der Waals surface area contributed by atoms with Gasteiger partial charge in [0.2, 0.25) is 11.6 Å². The van der Waals surface area contributed by atoms with Gasteiger partial charge in [-0.1, -0.05) is 37.3 Å². The predicted octanol–water partition coefficient (Wildman–Crippen LogP) is 3.22. The molecule has 0 spiro atoms. The summed E-state index contributed by atoms with van der Waals surface area (Å²) in [5.74, 6) is 1.56. The van der Waals surface area contributed by atoms with Crippen molar-refractivity contribution < 1.29 is 23.4 Å². The van der Waals surface area contributed by atoms with Crippen molar-refractivity contribution in [3.63, 3.8) is 0 Å². The molecule has 0 bridgehead atoms. The van der Waals surface area contributed by atoms with Crippen molar-refractivity contribution in [1.82, 2.24) is 15.5 Å². The summed E-state index contributed by atoms with van der Waals surface area (Å²) in [4.78, 5) is 12.4. The predicted molar refractivity (Wildman–Crippen MR) is 110 cm³/mol. The largest absolute Gasteiger partial charge is 0.493 e. The fourth-order valence-electron chi connectivity index (χ4n) is 3.05. The number of aromatic nitrogens is 2. The molecule has 158 valence electrons. The minimum absolute atomic E-state index is 0.0716. The molecule has 0 saturated carbocycles. The fraction of sp³-hybridized carbons (Fsp3) is 0.318. The summed E-state index contributed by atoms with van der Waals surface area (Å²) in [5.41, 5.74) is 1.96. The number of benzene rings is 2. The second-order valence-corrected chi connectivity index (χ2v) is 6.73. The Kier molecular flexibility index (Phi) is 6.90. The van der Waals surface area contributed by atoms with Crippen LogP contribution < -0.4 is 19.5 Å². The Morgan fingerprint density at radius 1 is 1.03 bits per heavy atom. The highest BCUT2D eigenvalue weighted by Gasteiger charge is 2.18. The first-order valence-electron chi connectivity index (χ1n) is 9.50. The topological polar surface area (TPSA) is 95.7 Å². The average Bonchev–Trinajstić information content (AvgIpc) is 3.25. The number of amides is 1. The van der Waals surface area contributed by atoms with Crippen molar-refractivity contribution in [3.8, 4) is 17.2 Å². The summed E-state index contributed by atoms with van der Waals surface area (Å²) in [6.45, 7) is 2.51. The molecule has 3 rings (SSSR count). The van der Waals surface area contributed by atoms with E-state index < -0.39 is 5.91 Å². The third kappa shape index (κ3) is 4.89. The van der Waals surface area contributed by atoms with E-state index in [1.165, 1.54) is 0 Å². The molecular formula is C22H25N3O5. The van der Waals surface area contributed by atoms with Gasteiger partial charge in [-0.3, -0.25) is 4.79 Å². The molecule has 0 radical (unpaired) electrons. The Morgan fingerprint density at radius 3 is 2.30 bits per heavy atom. The number of carbonyl (C=O) groups is 1. The second kappa shape index (κ2) is 9.78. The lowest BCUT2D eigenvalue weighted by Gasteiger charge is -2.13. The van der Waals surface area contributed by atoms with Crippen LogP contribution in [0.15, 0.2) is 46.9 Å².